The van der Waals surface area contributed by atoms with Crippen molar-refractivity contribution >= 4 is 143 Å². The second-order valence-corrected chi connectivity index (χ2v) is 18.7. The molecule has 3 aromatic heterocycles. The Kier molecular flexibility index (Phi) is 22.6. The normalized spacial score (nSPS) is 10.9. The Balaban J connectivity index is 0.00000320. The minimum absolute atomic E-state index is 0. The van der Waals surface area contributed by atoms with E-state index < -0.39 is 6.04 Å². The van der Waals surface area contributed by atoms with E-state index >= 15 is 0 Å². The number of amides is 4. The van der Waals surface area contributed by atoms with Gasteiger partial charge >= 0.3 is 0 Å². The third kappa shape index (κ3) is 15.8. The molecule has 0 radical (unpaired) electrons. The number of hydrogen-bond acceptors (Lipinski definition) is 10. The summed E-state index contributed by atoms with van der Waals surface area (Å²) in [5.74, 6) is -0.328. The maximum atomic E-state index is 13.5. The van der Waals surface area contributed by atoms with Crippen LogP contribution in [0.3, 0.4) is 0 Å². The third-order valence-electron chi connectivity index (χ3n) is 13.3. The summed E-state index contributed by atoms with van der Waals surface area (Å²) in [5, 5.41) is 28.7. The van der Waals surface area contributed by atoms with Crippen LogP contribution in [0.15, 0.2) is 146 Å². The number of aromatic nitrogens is 3. The molecule has 17 heteroatoms. The number of unbranched alkanes of at least 4 members (excludes halogenated alkanes) is 4. The molecule has 0 aliphatic heterocycles. The number of fused-ring (bicyclic) bond motifs is 6. The minimum Gasteiger partial charge on any atom is -0.383 e. The number of nitrogens with one attached hydrogen (secondary N) is 7. The zero-order chi connectivity index (χ0) is 50.9. The fraction of sp³-hybridized carbons (Fsp3) is 0.283. The van der Waals surface area contributed by atoms with Gasteiger partial charge in [0.2, 0.25) is 23.6 Å². The molecular weight excluding hydrogens is 1030 g/mol. The summed E-state index contributed by atoms with van der Waals surface area (Å²) < 4.78 is 0. The molecular formula is C60H67Cl3N10O4. The Bertz CT molecular complexity index is 3110. The van der Waals surface area contributed by atoms with Gasteiger partial charge in [-0.05, 0) is 74.9 Å². The van der Waals surface area contributed by atoms with Crippen LogP contribution < -0.4 is 37.2 Å². The van der Waals surface area contributed by atoms with Gasteiger partial charge in [-0.1, -0.05) is 109 Å². The van der Waals surface area contributed by atoms with Crippen molar-refractivity contribution in [3.8, 4) is 0 Å². The fourth-order valence-electron chi connectivity index (χ4n) is 9.57. The standard InChI is InChI=1S/C60H64N10O4.3ClH/c71-54(31-37-65-58-42-19-3-9-25-48(42)68-49-26-10-4-20-43(49)58)61-33-15-1-17-35-63-56(73)39-41(67-60-46-23-7-13-29-52(46)70-53-30-14-8-24-47(53)60)40-57(74)64-36-18-2-16-34-62-55(72)32-38-66-59-44-21-5-11-27-50(44)69-51-28-12-6-22-45(51)59;;;/h3-14,19-30,41H,1-2,15-18,31-40H2,(H,61,71)(H,62,72)(H,63,73)(H,64,74)(H,65,68)(H,66,69)(H,67,70);3*1H. The molecule has 6 aromatic carbocycles. The Morgan fingerprint density at radius 3 is 0.883 bits per heavy atom. The van der Waals surface area contributed by atoms with Crippen LogP contribution in [-0.4, -0.2) is 83.9 Å². The summed E-state index contributed by atoms with van der Waals surface area (Å²) in [6.45, 7) is 3.08. The molecule has 0 saturated heterocycles. The molecule has 0 atom stereocenters. The largest absolute Gasteiger partial charge is 0.383 e. The van der Waals surface area contributed by atoms with E-state index in [2.05, 4.69) is 37.2 Å². The van der Waals surface area contributed by atoms with Gasteiger partial charge in [0.15, 0.2) is 0 Å². The molecule has 4 amide bonds. The van der Waals surface area contributed by atoms with E-state index in [0.717, 1.165) is 121 Å². The molecule has 402 valence electrons. The van der Waals surface area contributed by atoms with Gasteiger partial charge in [-0.15, -0.1) is 37.2 Å². The van der Waals surface area contributed by atoms with Crippen LogP contribution in [0.25, 0.3) is 65.4 Å². The van der Waals surface area contributed by atoms with Crippen molar-refractivity contribution in [2.75, 3.05) is 55.2 Å². The molecule has 9 rings (SSSR count). The first-order valence-electron chi connectivity index (χ1n) is 26.0. The van der Waals surface area contributed by atoms with E-state index in [0.29, 0.717) is 52.1 Å². The van der Waals surface area contributed by atoms with Crippen molar-refractivity contribution < 1.29 is 19.2 Å². The highest BCUT2D eigenvalue weighted by Gasteiger charge is 2.21. The number of para-hydroxylation sites is 6. The Hall–Kier alpha value is -7.52. The summed E-state index contributed by atoms with van der Waals surface area (Å²) in [6.07, 6.45) is 5.62. The number of pyridine rings is 3. The molecule has 0 aliphatic carbocycles. The number of benzene rings is 6. The Morgan fingerprint density at radius 2 is 0.584 bits per heavy atom. The highest BCUT2D eigenvalue weighted by Crippen LogP contribution is 2.34. The lowest BCUT2D eigenvalue weighted by Crippen LogP contribution is -2.36. The Labute approximate surface area is 467 Å². The molecule has 0 bridgehead atoms. The first-order chi connectivity index (χ1) is 36.4. The van der Waals surface area contributed by atoms with Crippen LogP contribution in [0.2, 0.25) is 0 Å². The molecule has 3 heterocycles. The number of rotatable bonds is 26. The number of nitrogens with zero attached hydrogens (tertiary/aromatic N) is 3. The van der Waals surface area contributed by atoms with Crippen molar-refractivity contribution in [1.82, 2.24) is 36.2 Å². The van der Waals surface area contributed by atoms with Crippen molar-refractivity contribution in [2.24, 2.45) is 0 Å². The first-order valence-corrected chi connectivity index (χ1v) is 26.0. The molecule has 9 aromatic rings. The number of anilines is 3. The highest BCUT2D eigenvalue weighted by molar-refractivity contribution is 6.09. The van der Waals surface area contributed by atoms with Gasteiger partial charge in [0.05, 0.1) is 50.2 Å². The molecule has 0 saturated carbocycles. The van der Waals surface area contributed by atoms with E-state index in [9.17, 15) is 19.2 Å². The third-order valence-corrected chi connectivity index (χ3v) is 13.3. The Morgan fingerprint density at radius 1 is 0.325 bits per heavy atom. The van der Waals surface area contributed by atoms with Crippen molar-refractivity contribution in [3.63, 3.8) is 0 Å². The van der Waals surface area contributed by atoms with Gasteiger partial charge in [0.25, 0.3) is 0 Å². The van der Waals surface area contributed by atoms with E-state index in [1.807, 2.05) is 146 Å². The van der Waals surface area contributed by atoms with Crippen molar-refractivity contribution in [2.45, 2.75) is 70.3 Å². The van der Waals surface area contributed by atoms with Crippen LogP contribution in [0, 0.1) is 0 Å². The molecule has 14 nitrogen and oxygen atoms in total. The van der Waals surface area contributed by atoms with E-state index in [1.54, 1.807) is 0 Å². The fourth-order valence-corrected chi connectivity index (χ4v) is 9.57. The molecule has 0 spiro atoms. The number of carbonyl (C=O) groups is 4. The summed E-state index contributed by atoms with van der Waals surface area (Å²) in [6, 6.07) is 47.3. The predicted molar refractivity (Wildman–Crippen MR) is 322 cm³/mol. The average molecular weight is 1100 g/mol. The minimum atomic E-state index is -0.495. The van der Waals surface area contributed by atoms with Gasteiger partial charge in [0.1, 0.15) is 0 Å². The average Bonchev–Trinajstić information content (AvgIpc) is 3.42. The van der Waals surface area contributed by atoms with Crippen molar-refractivity contribution in [1.29, 1.82) is 0 Å². The summed E-state index contributed by atoms with van der Waals surface area (Å²) in [4.78, 5) is 67.0. The van der Waals surface area contributed by atoms with Crippen LogP contribution in [0.1, 0.15) is 64.2 Å². The van der Waals surface area contributed by atoms with Gasteiger partial charge in [-0.3, -0.25) is 19.2 Å². The smallest absolute Gasteiger partial charge is 0.222 e. The van der Waals surface area contributed by atoms with E-state index in [-0.39, 0.29) is 73.7 Å². The van der Waals surface area contributed by atoms with Crippen LogP contribution >= 0.6 is 37.2 Å². The lowest BCUT2D eigenvalue weighted by Gasteiger charge is -2.22. The second-order valence-electron chi connectivity index (χ2n) is 18.7. The molecule has 0 unspecified atom stereocenters. The maximum absolute atomic E-state index is 13.5. The number of halogens is 3. The summed E-state index contributed by atoms with van der Waals surface area (Å²) in [5.41, 5.74) is 8.09. The van der Waals surface area contributed by atoms with Gasteiger partial charge < -0.3 is 37.2 Å². The molecule has 7 N–H and O–H groups in total. The summed E-state index contributed by atoms with van der Waals surface area (Å²) >= 11 is 0. The van der Waals surface area contributed by atoms with Gasteiger partial charge in [-0.2, -0.15) is 0 Å². The monoisotopic (exact) mass is 1100 g/mol. The lowest BCUT2D eigenvalue weighted by molar-refractivity contribution is -0.123. The lowest BCUT2D eigenvalue weighted by atomic mass is 10.0. The number of hydrogen-bond donors (Lipinski definition) is 7. The summed E-state index contributed by atoms with van der Waals surface area (Å²) in [7, 11) is 0. The predicted octanol–water partition coefficient (Wildman–Crippen LogP) is 11.4. The zero-order valence-corrected chi connectivity index (χ0v) is 45.4. The topological polar surface area (TPSA) is 191 Å². The molecule has 0 aliphatic rings. The van der Waals surface area contributed by atoms with Crippen molar-refractivity contribution in [3.05, 3.63) is 146 Å². The molecule has 77 heavy (non-hydrogen) atoms. The van der Waals surface area contributed by atoms with Gasteiger partial charge in [-0.25, -0.2) is 15.0 Å². The van der Waals surface area contributed by atoms with Crippen LogP contribution in [0.5, 0.6) is 0 Å². The maximum Gasteiger partial charge on any atom is 0.222 e. The first kappa shape index (κ1) is 58.7. The zero-order valence-electron chi connectivity index (χ0n) is 42.9. The number of carbonyl (C=O) groups excluding carboxylic acids is 4. The SMILES string of the molecule is Cl.Cl.Cl.O=C(CCNc1c2ccccc2nc2ccccc12)NCCCCCNC(=O)CC(CC(=O)NCCCCCNC(=O)CCNc1c2ccccc2nc2ccccc12)Nc1c2ccccc2nc2ccccc12. The van der Waals surface area contributed by atoms with E-state index in [1.165, 1.54) is 0 Å². The van der Waals surface area contributed by atoms with Crippen LogP contribution in [0.4, 0.5) is 17.1 Å². The highest BCUT2D eigenvalue weighted by atomic mass is 35.5. The van der Waals surface area contributed by atoms with Crippen LogP contribution in [-0.2, 0) is 19.2 Å². The van der Waals surface area contributed by atoms with E-state index in [4.69, 9.17) is 15.0 Å². The molecule has 0 fully saturated rings. The quantitative estimate of drug-likeness (QED) is 0.0203. The second kappa shape index (κ2) is 29.7. The van der Waals surface area contributed by atoms with Gasteiger partial charge in [0, 0.05) is 103 Å².